The maximum absolute atomic E-state index is 11.4. The molecular formula is C16H19NO5. The number of amides is 1. The SMILES string of the molecule is Cc1cc(=O)oc2cc(OCCCC(=O)NCCO)ccc12. The van der Waals surface area contributed by atoms with E-state index in [9.17, 15) is 9.59 Å². The van der Waals surface area contributed by atoms with Crippen molar-refractivity contribution in [3.8, 4) is 5.75 Å². The topological polar surface area (TPSA) is 88.8 Å². The first-order valence-corrected chi connectivity index (χ1v) is 7.15. The fourth-order valence-corrected chi connectivity index (χ4v) is 2.10. The number of hydrogen-bond acceptors (Lipinski definition) is 5. The maximum atomic E-state index is 11.4. The van der Waals surface area contributed by atoms with E-state index >= 15 is 0 Å². The molecule has 0 atom stereocenters. The van der Waals surface area contributed by atoms with Gasteiger partial charge >= 0.3 is 5.63 Å². The predicted molar refractivity (Wildman–Crippen MR) is 82.0 cm³/mol. The molecule has 0 saturated heterocycles. The van der Waals surface area contributed by atoms with E-state index in [-0.39, 0.29) is 24.7 Å². The number of aliphatic hydroxyl groups excluding tert-OH is 1. The highest BCUT2D eigenvalue weighted by Crippen LogP contribution is 2.22. The summed E-state index contributed by atoms with van der Waals surface area (Å²) in [5.74, 6) is 0.481. The third-order valence-electron chi connectivity index (χ3n) is 3.17. The van der Waals surface area contributed by atoms with Gasteiger partial charge in [-0.05, 0) is 31.0 Å². The Hall–Kier alpha value is -2.34. The third-order valence-corrected chi connectivity index (χ3v) is 3.17. The zero-order valence-electron chi connectivity index (χ0n) is 12.4. The van der Waals surface area contributed by atoms with Gasteiger partial charge in [0.2, 0.25) is 5.91 Å². The largest absolute Gasteiger partial charge is 0.493 e. The minimum atomic E-state index is -0.386. The van der Waals surface area contributed by atoms with Crippen molar-refractivity contribution in [1.29, 1.82) is 0 Å². The monoisotopic (exact) mass is 305 g/mol. The molecule has 0 aliphatic carbocycles. The van der Waals surface area contributed by atoms with Crippen LogP contribution in [0.15, 0.2) is 33.5 Å². The van der Waals surface area contributed by atoms with E-state index in [4.69, 9.17) is 14.3 Å². The van der Waals surface area contributed by atoms with Crippen molar-refractivity contribution in [3.05, 3.63) is 40.2 Å². The summed E-state index contributed by atoms with van der Waals surface area (Å²) in [4.78, 5) is 22.7. The van der Waals surface area contributed by atoms with E-state index in [1.54, 1.807) is 12.1 Å². The molecule has 2 rings (SSSR count). The highest BCUT2D eigenvalue weighted by Gasteiger charge is 2.05. The Morgan fingerprint density at radius 2 is 2.18 bits per heavy atom. The van der Waals surface area contributed by atoms with Crippen molar-refractivity contribution in [2.24, 2.45) is 0 Å². The quantitative estimate of drug-likeness (QED) is 0.596. The molecule has 6 heteroatoms. The Labute approximate surface area is 127 Å². The molecule has 0 aliphatic heterocycles. The van der Waals surface area contributed by atoms with Gasteiger partial charge in [0, 0.05) is 30.5 Å². The molecule has 0 unspecified atom stereocenters. The van der Waals surface area contributed by atoms with E-state index in [2.05, 4.69) is 5.32 Å². The Bertz CT molecular complexity index is 707. The number of hydrogen-bond donors (Lipinski definition) is 2. The van der Waals surface area contributed by atoms with Crippen LogP contribution in [0.1, 0.15) is 18.4 Å². The Morgan fingerprint density at radius 3 is 2.95 bits per heavy atom. The summed E-state index contributed by atoms with van der Waals surface area (Å²) in [6.45, 7) is 2.44. The van der Waals surface area contributed by atoms with Crippen LogP contribution in [0.2, 0.25) is 0 Å². The smallest absolute Gasteiger partial charge is 0.336 e. The first kappa shape index (κ1) is 16.0. The number of rotatable bonds is 7. The maximum Gasteiger partial charge on any atom is 0.336 e. The molecule has 0 radical (unpaired) electrons. The fourth-order valence-electron chi connectivity index (χ4n) is 2.10. The first-order valence-electron chi connectivity index (χ1n) is 7.15. The number of aryl methyl sites for hydroxylation is 1. The Morgan fingerprint density at radius 1 is 1.36 bits per heavy atom. The van der Waals surface area contributed by atoms with E-state index < -0.39 is 0 Å². The summed E-state index contributed by atoms with van der Waals surface area (Å²) in [6.07, 6.45) is 0.898. The molecule has 0 fully saturated rings. The van der Waals surface area contributed by atoms with Crippen LogP contribution in [-0.2, 0) is 4.79 Å². The summed E-state index contributed by atoms with van der Waals surface area (Å²) in [7, 11) is 0. The number of aliphatic hydroxyl groups is 1. The molecule has 118 valence electrons. The summed E-state index contributed by atoms with van der Waals surface area (Å²) in [5, 5.41) is 12.0. The summed E-state index contributed by atoms with van der Waals surface area (Å²) in [6, 6.07) is 6.78. The zero-order chi connectivity index (χ0) is 15.9. The molecule has 1 aromatic carbocycles. The normalized spacial score (nSPS) is 10.6. The molecule has 2 aromatic rings. The molecule has 0 spiro atoms. The molecular weight excluding hydrogens is 286 g/mol. The van der Waals surface area contributed by atoms with E-state index in [0.717, 1.165) is 10.9 Å². The van der Waals surface area contributed by atoms with Crippen molar-refractivity contribution in [2.45, 2.75) is 19.8 Å². The summed E-state index contributed by atoms with van der Waals surface area (Å²) >= 11 is 0. The van der Waals surface area contributed by atoms with E-state index in [0.29, 0.717) is 30.8 Å². The number of ether oxygens (including phenoxy) is 1. The minimum Gasteiger partial charge on any atom is -0.493 e. The lowest BCUT2D eigenvalue weighted by Gasteiger charge is -2.08. The predicted octanol–water partition coefficient (Wildman–Crippen LogP) is 1.37. The van der Waals surface area contributed by atoms with Crippen LogP contribution in [0, 0.1) is 6.92 Å². The summed E-state index contributed by atoms with van der Waals surface area (Å²) in [5.41, 5.74) is 0.962. The fraction of sp³-hybridized carbons (Fsp3) is 0.375. The van der Waals surface area contributed by atoms with Gasteiger partial charge in [-0.2, -0.15) is 0 Å². The van der Waals surface area contributed by atoms with Gasteiger partial charge in [-0.1, -0.05) is 0 Å². The average molecular weight is 305 g/mol. The van der Waals surface area contributed by atoms with Crippen molar-refractivity contribution in [3.63, 3.8) is 0 Å². The van der Waals surface area contributed by atoms with Gasteiger partial charge in [0.25, 0.3) is 0 Å². The highest BCUT2D eigenvalue weighted by molar-refractivity contribution is 5.81. The Kier molecular flexibility index (Phi) is 5.55. The van der Waals surface area contributed by atoms with Gasteiger partial charge in [-0.25, -0.2) is 4.79 Å². The average Bonchev–Trinajstić information content (AvgIpc) is 2.49. The van der Waals surface area contributed by atoms with Crippen LogP contribution < -0.4 is 15.7 Å². The van der Waals surface area contributed by atoms with Crippen LogP contribution >= 0.6 is 0 Å². The van der Waals surface area contributed by atoms with Gasteiger partial charge in [-0.15, -0.1) is 0 Å². The molecule has 1 aromatic heterocycles. The standard InChI is InChI=1S/C16H19NO5/c1-11-9-16(20)22-14-10-12(4-5-13(11)14)21-8-2-3-15(19)17-6-7-18/h4-5,9-10,18H,2-3,6-8H2,1H3,(H,17,19). The zero-order valence-corrected chi connectivity index (χ0v) is 12.4. The second-order valence-electron chi connectivity index (χ2n) is 4.93. The molecule has 2 N–H and O–H groups in total. The van der Waals surface area contributed by atoms with Gasteiger partial charge in [-0.3, -0.25) is 4.79 Å². The third kappa shape index (κ3) is 4.33. The minimum absolute atomic E-state index is 0.0655. The number of carbonyl (C=O) groups is 1. The van der Waals surface area contributed by atoms with Crippen molar-refractivity contribution in [2.75, 3.05) is 19.8 Å². The van der Waals surface area contributed by atoms with Crippen molar-refractivity contribution < 1.29 is 19.1 Å². The molecule has 0 aliphatic rings. The number of fused-ring (bicyclic) bond motifs is 1. The van der Waals surface area contributed by atoms with Gasteiger partial charge < -0.3 is 19.6 Å². The molecule has 6 nitrogen and oxygen atoms in total. The number of benzene rings is 1. The lowest BCUT2D eigenvalue weighted by atomic mass is 10.1. The Balaban J connectivity index is 1.90. The lowest BCUT2D eigenvalue weighted by Crippen LogP contribution is -2.26. The van der Waals surface area contributed by atoms with Crippen LogP contribution in [0.3, 0.4) is 0 Å². The second-order valence-corrected chi connectivity index (χ2v) is 4.93. The first-order chi connectivity index (χ1) is 10.6. The van der Waals surface area contributed by atoms with E-state index in [1.807, 2.05) is 13.0 Å². The number of carbonyl (C=O) groups excluding carboxylic acids is 1. The molecule has 0 saturated carbocycles. The lowest BCUT2D eigenvalue weighted by molar-refractivity contribution is -0.121. The summed E-state index contributed by atoms with van der Waals surface area (Å²) < 4.78 is 10.7. The van der Waals surface area contributed by atoms with Crippen LogP contribution in [0.4, 0.5) is 0 Å². The van der Waals surface area contributed by atoms with Crippen molar-refractivity contribution in [1.82, 2.24) is 5.32 Å². The molecule has 0 bridgehead atoms. The van der Waals surface area contributed by atoms with E-state index in [1.165, 1.54) is 6.07 Å². The van der Waals surface area contributed by atoms with Crippen LogP contribution in [0.25, 0.3) is 11.0 Å². The molecule has 22 heavy (non-hydrogen) atoms. The molecule has 1 heterocycles. The second kappa shape index (κ2) is 7.61. The van der Waals surface area contributed by atoms with Crippen LogP contribution in [-0.4, -0.2) is 30.8 Å². The van der Waals surface area contributed by atoms with Crippen LogP contribution in [0.5, 0.6) is 5.75 Å². The molecule has 1 amide bonds. The number of nitrogens with one attached hydrogen (secondary N) is 1. The van der Waals surface area contributed by atoms with Gasteiger partial charge in [0.15, 0.2) is 0 Å². The van der Waals surface area contributed by atoms with Gasteiger partial charge in [0.1, 0.15) is 11.3 Å². The highest BCUT2D eigenvalue weighted by atomic mass is 16.5. The van der Waals surface area contributed by atoms with Crippen molar-refractivity contribution >= 4 is 16.9 Å². The van der Waals surface area contributed by atoms with Gasteiger partial charge in [0.05, 0.1) is 13.2 Å².